The first-order valence-electron chi connectivity index (χ1n) is 13.4. The van der Waals surface area contributed by atoms with Crippen molar-refractivity contribution in [3.63, 3.8) is 0 Å². The van der Waals surface area contributed by atoms with E-state index in [2.05, 4.69) is 51.4 Å². The van der Waals surface area contributed by atoms with Crippen molar-refractivity contribution < 1.29 is 9.13 Å². The van der Waals surface area contributed by atoms with Gasteiger partial charge in [-0.05, 0) is 71.0 Å². The number of rotatable bonds is 6. The molecule has 3 aromatic heterocycles. The second kappa shape index (κ2) is 9.97. The van der Waals surface area contributed by atoms with Crippen molar-refractivity contribution >= 4 is 16.5 Å². The number of aromatic amines is 2. The van der Waals surface area contributed by atoms with E-state index in [0.717, 1.165) is 73.5 Å². The molecule has 1 atom stereocenters. The molecule has 1 aliphatic rings. The van der Waals surface area contributed by atoms with Crippen LogP contribution in [-0.2, 0) is 13.0 Å². The summed E-state index contributed by atoms with van der Waals surface area (Å²) in [6, 6.07) is 27.3. The lowest BCUT2D eigenvalue weighted by Crippen LogP contribution is -2.07. The van der Waals surface area contributed by atoms with Crippen molar-refractivity contribution in [2.24, 2.45) is 5.92 Å². The molecule has 5 nitrogen and oxygen atoms in total. The summed E-state index contributed by atoms with van der Waals surface area (Å²) in [6.45, 7) is 2.67. The van der Waals surface area contributed by atoms with Crippen molar-refractivity contribution in [1.29, 1.82) is 0 Å². The number of H-pyrrole nitrogens is 2. The van der Waals surface area contributed by atoms with Crippen molar-refractivity contribution in [1.82, 2.24) is 20.2 Å². The van der Waals surface area contributed by atoms with Crippen LogP contribution in [0.5, 0.6) is 5.75 Å². The zero-order valence-electron chi connectivity index (χ0n) is 22.0. The lowest BCUT2D eigenvalue weighted by atomic mass is 9.86. The molecular formula is C34H27FN4O. The predicted molar refractivity (Wildman–Crippen MR) is 156 cm³/mol. The van der Waals surface area contributed by atoms with E-state index >= 15 is 0 Å². The van der Waals surface area contributed by atoms with Crippen LogP contribution in [0.15, 0.2) is 103 Å². The van der Waals surface area contributed by atoms with Crippen molar-refractivity contribution in [2.75, 3.05) is 0 Å². The molecule has 1 aliphatic carbocycles. The van der Waals surface area contributed by atoms with Crippen LogP contribution in [-0.4, -0.2) is 20.2 Å². The van der Waals surface area contributed by atoms with Gasteiger partial charge >= 0.3 is 0 Å². The maximum atomic E-state index is 14.1. The molecule has 6 heteroatoms. The van der Waals surface area contributed by atoms with E-state index in [9.17, 15) is 4.39 Å². The Kier molecular flexibility index (Phi) is 6.00. The number of halogens is 1. The quantitative estimate of drug-likeness (QED) is 0.231. The van der Waals surface area contributed by atoms with Gasteiger partial charge in [0.2, 0.25) is 0 Å². The molecule has 0 saturated carbocycles. The maximum Gasteiger partial charge on any atom is 0.138 e. The fourth-order valence-corrected chi connectivity index (χ4v) is 5.48. The van der Waals surface area contributed by atoms with Gasteiger partial charge in [-0.15, -0.1) is 0 Å². The van der Waals surface area contributed by atoms with Crippen molar-refractivity contribution in [3.05, 3.63) is 132 Å². The van der Waals surface area contributed by atoms with Gasteiger partial charge in [0.15, 0.2) is 0 Å². The highest BCUT2D eigenvalue weighted by Crippen LogP contribution is 2.38. The summed E-state index contributed by atoms with van der Waals surface area (Å²) in [5, 5.41) is 8.87. The Morgan fingerprint density at radius 3 is 2.67 bits per heavy atom. The minimum absolute atomic E-state index is 0.233. The number of hydrogen-bond acceptors (Lipinski definition) is 3. The Labute approximate surface area is 231 Å². The molecule has 0 spiro atoms. The minimum atomic E-state index is -0.233. The summed E-state index contributed by atoms with van der Waals surface area (Å²) in [5.74, 6) is 0.823. The summed E-state index contributed by atoms with van der Waals surface area (Å²) >= 11 is 0. The highest BCUT2D eigenvalue weighted by molar-refractivity contribution is 5.96. The minimum Gasteiger partial charge on any atom is -0.487 e. The third-order valence-corrected chi connectivity index (χ3v) is 7.42. The number of ether oxygens (including phenoxy) is 1. The molecule has 196 valence electrons. The molecule has 2 N–H and O–H groups in total. The molecule has 0 saturated heterocycles. The molecule has 0 fully saturated rings. The third-order valence-electron chi connectivity index (χ3n) is 7.42. The van der Waals surface area contributed by atoms with E-state index < -0.39 is 0 Å². The molecular weight excluding hydrogens is 499 g/mol. The normalized spacial score (nSPS) is 14.7. The average Bonchev–Trinajstić information content (AvgIpc) is 3.60. The molecule has 3 aromatic carbocycles. The zero-order chi connectivity index (χ0) is 27.1. The molecule has 6 aromatic rings. The number of nitrogens with one attached hydrogen (secondary N) is 2. The fourth-order valence-electron chi connectivity index (χ4n) is 5.48. The zero-order valence-corrected chi connectivity index (χ0v) is 22.0. The number of allylic oxidation sites excluding steroid dienone is 1. The van der Waals surface area contributed by atoms with Gasteiger partial charge in [-0.25, -0.2) is 4.39 Å². The monoisotopic (exact) mass is 526 g/mol. The Morgan fingerprint density at radius 2 is 1.80 bits per heavy atom. The van der Waals surface area contributed by atoms with Crippen molar-refractivity contribution in [3.8, 4) is 28.3 Å². The van der Waals surface area contributed by atoms with Crippen LogP contribution in [0.25, 0.3) is 39.0 Å². The van der Waals surface area contributed by atoms with Gasteiger partial charge in [0.25, 0.3) is 0 Å². The molecule has 0 bridgehead atoms. The van der Waals surface area contributed by atoms with Crippen LogP contribution in [0, 0.1) is 11.7 Å². The summed E-state index contributed by atoms with van der Waals surface area (Å²) < 4.78 is 20.1. The molecule has 0 aliphatic heterocycles. The summed E-state index contributed by atoms with van der Waals surface area (Å²) in [5.41, 5.74) is 10.0. The third kappa shape index (κ3) is 4.58. The van der Waals surface area contributed by atoms with Gasteiger partial charge in [-0.3, -0.25) is 10.1 Å². The van der Waals surface area contributed by atoms with E-state index in [1.807, 2.05) is 54.7 Å². The Morgan fingerprint density at radius 1 is 0.900 bits per heavy atom. The summed E-state index contributed by atoms with van der Waals surface area (Å²) in [6.07, 6.45) is 6.71. The highest BCUT2D eigenvalue weighted by atomic mass is 19.1. The van der Waals surface area contributed by atoms with Crippen LogP contribution >= 0.6 is 0 Å². The molecule has 7 rings (SSSR count). The first kappa shape index (κ1) is 24.1. The van der Waals surface area contributed by atoms with Gasteiger partial charge in [-0.2, -0.15) is 5.10 Å². The van der Waals surface area contributed by atoms with Gasteiger partial charge in [0.1, 0.15) is 23.9 Å². The SMILES string of the molecule is CC1C=C(c2cccc(F)c2)c2cc(-c3n[nH]c4ccc(-c5cncc(OCc6ccccc6)c5)cc34)[nH]c2C1. The molecule has 0 amide bonds. The summed E-state index contributed by atoms with van der Waals surface area (Å²) in [4.78, 5) is 8.05. The van der Waals surface area contributed by atoms with Crippen LogP contribution in [0.2, 0.25) is 0 Å². The Bertz CT molecular complexity index is 1870. The van der Waals surface area contributed by atoms with E-state index in [1.54, 1.807) is 18.3 Å². The number of fused-ring (bicyclic) bond motifs is 2. The van der Waals surface area contributed by atoms with E-state index in [-0.39, 0.29) is 5.82 Å². The van der Waals surface area contributed by atoms with Gasteiger partial charge in [0.05, 0.1) is 17.4 Å². The van der Waals surface area contributed by atoms with Crippen LogP contribution in [0.3, 0.4) is 0 Å². The Balaban J connectivity index is 1.22. The van der Waals surface area contributed by atoms with Gasteiger partial charge in [0, 0.05) is 28.4 Å². The van der Waals surface area contributed by atoms with Crippen LogP contribution in [0.1, 0.15) is 29.3 Å². The predicted octanol–water partition coefficient (Wildman–Crippen LogP) is 7.96. The van der Waals surface area contributed by atoms with Gasteiger partial charge in [-0.1, -0.05) is 61.5 Å². The lowest BCUT2D eigenvalue weighted by Gasteiger charge is -2.19. The molecule has 40 heavy (non-hydrogen) atoms. The van der Waals surface area contributed by atoms with Crippen LogP contribution in [0.4, 0.5) is 4.39 Å². The smallest absolute Gasteiger partial charge is 0.138 e. The largest absolute Gasteiger partial charge is 0.487 e. The van der Waals surface area contributed by atoms with Crippen LogP contribution < -0.4 is 4.74 Å². The van der Waals surface area contributed by atoms with E-state index in [1.165, 1.54) is 6.07 Å². The molecule has 1 unspecified atom stereocenters. The van der Waals surface area contributed by atoms with Gasteiger partial charge < -0.3 is 9.72 Å². The lowest BCUT2D eigenvalue weighted by molar-refractivity contribution is 0.305. The first-order chi connectivity index (χ1) is 19.6. The number of benzene rings is 3. The standard InChI is InChI=1S/C34H27FN4O/c1-21-12-28(24-8-5-9-26(35)14-24)29-17-33(37-32(29)13-21)34-30-16-23(10-11-31(30)38-39-34)25-15-27(19-36-18-25)40-20-22-6-3-2-4-7-22/h2-12,14-19,21,37H,13,20H2,1H3,(H,38,39). The maximum absolute atomic E-state index is 14.1. The molecule has 0 radical (unpaired) electrons. The number of nitrogens with zero attached hydrogens (tertiary/aromatic N) is 2. The summed E-state index contributed by atoms with van der Waals surface area (Å²) in [7, 11) is 0. The highest BCUT2D eigenvalue weighted by Gasteiger charge is 2.23. The second-order valence-electron chi connectivity index (χ2n) is 10.4. The van der Waals surface area contributed by atoms with E-state index in [0.29, 0.717) is 12.5 Å². The van der Waals surface area contributed by atoms with Crippen molar-refractivity contribution in [2.45, 2.75) is 20.0 Å². The average molecular weight is 527 g/mol. The number of hydrogen-bond donors (Lipinski definition) is 2. The fraction of sp³-hybridized carbons (Fsp3) is 0.118. The topological polar surface area (TPSA) is 66.6 Å². The second-order valence-corrected chi connectivity index (χ2v) is 10.4. The van der Waals surface area contributed by atoms with E-state index in [4.69, 9.17) is 4.74 Å². The first-order valence-corrected chi connectivity index (χ1v) is 13.4. The number of pyridine rings is 1. The molecule has 3 heterocycles. The Hall–Kier alpha value is -4.97. The number of aromatic nitrogens is 4.